The fraction of sp³-hybridized carbons (Fsp3) is 0.500. The third-order valence-electron chi connectivity index (χ3n) is 0.356. The van der Waals surface area contributed by atoms with E-state index in [-0.39, 0.29) is 19.5 Å². The molecule has 0 aromatic carbocycles. The molecule has 9 heteroatoms. The van der Waals surface area contributed by atoms with Crippen LogP contribution in [0.25, 0.3) is 0 Å². The molecule has 0 saturated carbocycles. The molecule has 4 nitrogen and oxygen atoms in total. The van der Waals surface area contributed by atoms with Gasteiger partial charge >= 0.3 is 19.5 Å². The van der Waals surface area contributed by atoms with Crippen molar-refractivity contribution < 1.29 is 39.3 Å². The molecule has 0 bridgehead atoms. The van der Waals surface area contributed by atoms with E-state index in [9.17, 15) is 19.8 Å². The predicted octanol–water partition coefficient (Wildman–Crippen LogP) is -0.138. The van der Waals surface area contributed by atoms with Crippen molar-refractivity contribution in [2.45, 2.75) is 3.86 Å². The van der Waals surface area contributed by atoms with Crippen LogP contribution in [0.5, 0.6) is 0 Å². The van der Waals surface area contributed by atoms with E-state index in [1.165, 1.54) is 0 Å². The van der Waals surface area contributed by atoms with Crippen molar-refractivity contribution in [3.63, 3.8) is 0 Å². The molecular formula is C4H2I4O4Zn. The zero-order valence-electron chi connectivity index (χ0n) is 6.01. The number of hydrogen-bond acceptors (Lipinski definition) is 4. The van der Waals surface area contributed by atoms with Crippen molar-refractivity contribution in [3.05, 3.63) is 0 Å². The number of aliphatic carboxylic acids is 2. The van der Waals surface area contributed by atoms with E-state index in [4.69, 9.17) is 0 Å². The largest absolute Gasteiger partial charge is 2.00 e. The minimum Gasteiger partial charge on any atom is -0.548 e. The Morgan fingerprint density at radius 1 is 0.846 bits per heavy atom. The summed E-state index contributed by atoms with van der Waals surface area (Å²) in [5.41, 5.74) is 0. The Morgan fingerprint density at radius 2 is 0.923 bits per heavy atom. The molecule has 0 heterocycles. The number of carboxylic acids is 2. The van der Waals surface area contributed by atoms with Gasteiger partial charge in [0.25, 0.3) is 0 Å². The summed E-state index contributed by atoms with van der Waals surface area (Å²) < 4.78 is -0.805. The molecule has 0 radical (unpaired) electrons. The molecule has 0 rings (SSSR count). The summed E-state index contributed by atoms with van der Waals surface area (Å²) in [4.78, 5) is 19.1. The van der Waals surface area contributed by atoms with Crippen molar-refractivity contribution >= 4 is 102 Å². The number of carbonyl (C=O) groups is 2. The van der Waals surface area contributed by atoms with Gasteiger partial charge in [0.2, 0.25) is 0 Å². The van der Waals surface area contributed by atoms with Gasteiger partial charge in [0.15, 0.2) is 0 Å². The molecule has 0 amide bonds. The Labute approximate surface area is 143 Å². The molecule has 0 aromatic rings. The zero-order valence-corrected chi connectivity index (χ0v) is 17.6. The summed E-state index contributed by atoms with van der Waals surface area (Å²) in [5.74, 6) is -2.03. The third kappa shape index (κ3) is 20.5. The molecule has 0 spiro atoms. The number of rotatable bonds is 2. The second-order valence-electron chi connectivity index (χ2n) is 1.24. The maximum absolute atomic E-state index is 9.57. The summed E-state index contributed by atoms with van der Waals surface area (Å²) >= 11 is 7.03. The molecule has 0 aliphatic heterocycles. The van der Waals surface area contributed by atoms with Crippen LogP contribution in [0.4, 0.5) is 0 Å². The Morgan fingerprint density at radius 3 is 0.923 bits per heavy atom. The van der Waals surface area contributed by atoms with Gasteiger partial charge in [0.1, 0.15) is 3.86 Å². The van der Waals surface area contributed by atoms with E-state index >= 15 is 0 Å². The van der Waals surface area contributed by atoms with Crippen LogP contribution in [0, 0.1) is 0 Å². The van der Waals surface area contributed by atoms with Gasteiger partial charge in [-0.2, -0.15) is 0 Å². The molecule has 0 fully saturated rings. The summed E-state index contributed by atoms with van der Waals surface area (Å²) in [6.45, 7) is 0. The third-order valence-corrected chi connectivity index (χ3v) is 2.39. The molecule has 0 N–H and O–H groups in total. The van der Waals surface area contributed by atoms with Crippen LogP contribution < -0.4 is 10.2 Å². The van der Waals surface area contributed by atoms with Crippen LogP contribution in [0.3, 0.4) is 0 Å². The van der Waals surface area contributed by atoms with Crippen molar-refractivity contribution in [2.24, 2.45) is 0 Å². The van der Waals surface area contributed by atoms with Gasteiger partial charge in [-0.25, -0.2) is 0 Å². The first-order valence-electron chi connectivity index (χ1n) is 2.27. The Hall–Kier alpha value is 2.48. The van der Waals surface area contributed by atoms with E-state index in [2.05, 4.69) is 0 Å². The molecular weight excluding hydrogens is 685 g/mol. The Balaban J connectivity index is -0.000000143. The molecule has 72 valence electrons. The van der Waals surface area contributed by atoms with E-state index in [0.29, 0.717) is 0 Å². The fourth-order valence-corrected chi connectivity index (χ4v) is 0. The van der Waals surface area contributed by atoms with E-state index in [0.717, 1.165) is 0 Å². The maximum atomic E-state index is 9.57. The molecule has 0 aliphatic carbocycles. The first-order valence-corrected chi connectivity index (χ1v) is 7.25. The van der Waals surface area contributed by atoms with Crippen LogP contribution in [0.2, 0.25) is 0 Å². The van der Waals surface area contributed by atoms with Crippen LogP contribution in [-0.4, -0.2) is 15.8 Å². The minimum atomic E-state index is -1.02. The summed E-state index contributed by atoms with van der Waals surface area (Å²) in [7, 11) is 0. The average molecular weight is 687 g/mol. The summed E-state index contributed by atoms with van der Waals surface area (Å²) in [6, 6.07) is 0. The average Bonchev–Trinajstić information content (AvgIpc) is 1.88. The van der Waals surface area contributed by atoms with Gasteiger partial charge in [-0.15, -0.1) is 0 Å². The van der Waals surface area contributed by atoms with Crippen molar-refractivity contribution in [1.82, 2.24) is 0 Å². The van der Waals surface area contributed by atoms with Crippen molar-refractivity contribution in [2.75, 3.05) is 0 Å². The van der Waals surface area contributed by atoms with E-state index in [1.807, 2.05) is 0 Å². The number of carbonyl (C=O) groups excluding carboxylic acids is 2. The maximum Gasteiger partial charge on any atom is 2.00 e. The Bertz CT molecular complexity index is 144. The molecule has 0 unspecified atom stereocenters. The van der Waals surface area contributed by atoms with E-state index < -0.39 is 15.8 Å². The van der Waals surface area contributed by atoms with Crippen LogP contribution in [0.1, 0.15) is 0 Å². The van der Waals surface area contributed by atoms with Gasteiger partial charge < -0.3 is 19.8 Å². The SMILES string of the molecule is O=C([O-])C(I)I.O=C([O-])C(I)I.[Zn+2]. The topological polar surface area (TPSA) is 80.3 Å². The van der Waals surface area contributed by atoms with Crippen LogP contribution in [-0.2, 0) is 29.1 Å². The van der Waals surface area contributed by atoms with Gasteiger partial charge in [0, 0.05) is 0 Å². The summed E-state index contributed by atoms with van der Waals surface area (Å²) in [5, 5.41) is 19.1. The van der Waals surface area contributed by atoms with E-state index in [1.54, 1.807) is 90.4 Å². The van der Waals surface area contributed by atoms with Crippen molar-refractivity contribution in [3.8, 4) is 0 Å². The molecule has 0 saturated heterocycles. The minimum absolute atomic E-state index is 0. The normalized spacial score (nSPS) is 8.46. The number of hydrogen-bond donors (Lipinski definition) is 0. The summed E-state index contributed by atoms with van der Waals surface area (Å²) in [6.07, 6.45) is 0. The smallest absolute Gasteiger partial charge is 0.548 e. The Kier molecular flexibility index (Phi) is 20.1. The van der Waals surface area contributed by atoms with Gasteiger partial charge in [0.05, 0.1) is 11.9 Å². The number of carboxylic acid groups (broad SMARTS) is 2. The van der Waals surface area contributed by atoms with Gasteiger partial charge in [-0.05, 0) is 0 Å². The second-order valence-corrected chi connectivity index (χ2v) is 11.0. The molecule has 0 aromatic heterocycles. The van der Waals surface area contributed by atoms with Crippen molar-refractivity contribution in [1.29, 1.82) is 0 Å². The number of alkyl halides is 4. The standard InChI is InChI=1S/2C2H2I2O2.Zn/c2*3-1(4)2(5)6;/h2*1H,(H,5,6);/q;;+2/p-2. The quantitative estimate of drug-likeness (QED) is 0.230. The zero-order chi connectivity index (χ0) is 10.3. The molecule has 0 atom stereocenters. The van der Waals surface area contributed by atoms with Crippen LogP contribution in [0.15, 0.2) is 0 Å². The first-order chi connectivity index (χ1) is 5.29. The number of halogens is 4. The molecule has 13 heavy (non-hydrogen) atoms. The fourth-order valence-electron chi connectivity index (χ4n) is 0. The molecule has 0 aliphatic rings. The van der Waals surface area contributed by atoms with Gasteiger partial charge in [-0.1, -0.05) is 90.4 Å². The predicted molar refractivity (Wildman–Crippen MR) is 73.7 cm³/mol. The first kappa shape index (κ1) is 20.8. The monoisotopic (exact) mass is 686 g/mol. The van der Waals surface area contributed by atoms with Gasteiger partial charge in [-0.3, -0.25) is 0 Å². The van der Waals surface area contributed by atoms with Crippen LogP contribution >= 0.6 is 90.4 Å². The second kappa shape index (κ2) is 12.6.